The van der Waals surface area contributed by atoms with Gasteiger partial charge in [0.1, 0.15) is 0 Å². The van der Waals surface area contributed by atoms with Gasteiger partial charge >= 0.3 is 0 Å². The van der Waals surface area contributed by atoms with Crippen LogP contribution in [0.2, 0.25) is 0 Å². The molecule has 15 heavy (non-hydrogen) atoms. The first kappa shape index (κ1) is 11.8. The summed E-state index contributed by atoms with van der Waals surface area (Å²) in [4.78, 5) is 11.7. The third-order valence-electron chi connectivity index (χ3n) is 2.17. The lowest BCUT2D eigenvalue weighted by molar-refractivity contribution is 0.0925. The zero-order valence-corrected chi connectivity index (χ0v) is 8.68. The van der Waals surface area contributed by atoms with Gasteiger partial charge in [-0.15, -0.1) is 0 Å². The molecule has 1 aromatic rings. The molecule has 0 amide bonds. The molecule has 0 aliphatic heterocycles. The highest BCUT2D eigenvalue weighted by Gasteiger charge is 2.19. The van der Waals surface area contributed by atoms with Crippen molar-refractivity contribution in [3.8, 4) is 0 Å². The maximum atomic E-state index is 13.2. The summed E-state index contributed by atoms with van der Waals surface area (Å²) in [5, 5.41) is 2.82. The molecule has 1 unspecified atom stereocenters. The molecule has 1 aromatic carbocycles. The predicted octanol–water partition coefficient (Wildman–Crippen LogP) is 2.00. The van der Waals surface area contributed by atoms with Gasteiger partial charge in [0.05, 0.1) is 5.56 Å². The van der Waals surface area contributed by atoms with Crippen LogP contribution < -0.4 is 5.32 Å². The molecule has 2 nitrogen and oxygen atoms in total. The largest absolute Gasteiger partial charge is 0.319 e. The van der Waals surface area contributed by atoms with Gasteiger partial charge in [-0.2, -0.15) is 0 Å². The molecule has 0 aromatic heterocycles. The Morgan fingerprint density at radius 1 is 1.47 bits per heavy atom. The number of hydrogen-bond acceptors (Lipinski definition) is 2. The second-order valence-corrected chi connectivity index (χ2v) is 3.42. The fourth-order valence-electron chi connectivity index (χ4n) is 1.36. The van der Waals surface area contributed by atoms with Crippen LogP contribution in [0.5, 0.6) is 0 Å². The number of halogens is 2. The van der Waals surface area contributed by atoms with Crippen LogP contribution in [0, 0.1) is 17.6 Å². The average molecular weight is 213 g/mol. The van der Waals surface area contributed by atoms with Crippen LogP contribution in [0.3, 0.4) is 0 Å². The molecule has 0 fully saturated rings. The van der Waals surface area contributed by atoms with Crippen LogP contribution in [0.15, 0.2) is 18.2 Å². The summed E-state index contributed by atoms with van der Waals surface area (Å²) in [6, 6.07) is 3.62. The van der Waals surface area contributed by atoms with E-state index in [4.69, 9.17) is 0 Å². The van der Waals surface area contributed by atoms with Gasteiger partial charge in [-0.1, -0.05) is 13.0 Å². The summed E-state index contributed by atoms with van der Waals surface area (Å²) in [5.41, 5.74) is -0.183. The van der Waals surface area contributed by atoms with Crippen LogP contribution in [0.1, 0.15) is 17.3 Å². The normalized spacial score (nSPS) is 12.5. The molecule has 0 radical (unpaired) electrons. The molecule has 4 heteroatoms. The van der Waals surface area contributed by atoms with E-state index < -0.39 is 11.6 Å². The van der Waals surface area contributed by atoms with E-state index >= 15 is 0 Å². The molecular formula is C11H13F2NO. The van der Waals surface area contributed by atoms with Crippen molar-refractivity contribution >= 4 is 5.78 Å². The van der Waals surface area contributed by atoms with E-state index in [9.17, 15) is 13.6 Å². The lowest BCUT2D eigenvalue weighted by atomic mass is 9.99. The van der Waals surface area contributed by atoms with E-state index in [2.05, 4.69) is 5.32 Å². The molecule has 1 rings (SSSR count). The summed E-state index contributed by atoms with van der Waals surface area (Å²) in [6.45, 7) is 2.11. The van der Waals surface area contributed by atoms with Gasteiger partial charge in [0, 0.05) is 12.5 Å². The number of Topliss-reactive ketones (excluding diaryl/α,β-unsaturated/α-hetero) is 1. The number of benzene rings is 1. The van der Waals surface area contributed by atoms with E-state index in [1.807, 2.05) is 0 Å². The third-order valence-corrected chi connectivity index (χ3v) is 2.17. The van der Waals surface area contributed by atoms with Crippen LogP contribution in [0.25, 0.3) is 0 Å². The van der Waals surface area contributed by atoms with E-state index in [0.717, 1.165) is 6.07 Å². The van der Waals surface area contributed by atoms with Crippen LogP contribution in [0.4, 0.5) is 8.78 Å². The Morgan fingerprint density at radius 2 is 2.13 bits per heavy atom. The van der Waals surface area contributed by atoms with Crippen molar-refractivity contribution < 1.29 is 13.6 Å². The number of hydrogen-bond donors (Lipinski definition) is 1. The van der Waals surface area contributed by atoms with Crippen molar-refractivity contribution in [1.82, 2.24) is 5.32 Å². The Labute approximate surface area is 87.3 Å². The van der Waals surface area contributed by atoms with Gasteiger partial charge in [-0.25, -0.2) is 8.78 Å². The Kier molecular flexibility index (Phi) is 3.91. The first-order chi connectivity index (χ1) is 7.07. The summed E-state index contributed by atoms with van der Waals surface area (Å²) in [6.07, 6.45) is 0. The Hall–Kier alpha value is -1.29. The Morgan fingerprint density at radius 3 is 2.73 bits per heavy atom. The standard InChI is InChI=1S/C11H13F2NO/c1-7(6-14-2)11(15)8-4-3-5-9(12)10(8)13/h3-5,7,14H,6H2,1-2H3. The maximum Gasteiger partial charge on any atom is 0.169 e. The number of carbonyl (C=O) groups is 1. The van der Waals surface area contributed by atoms with Gasteiger partial charge in [0.2, 0.25) is 0 Å². The minimum Gasteiger partial charge on any atom is -0.319 e. The van der Waals surface area contributed by atoms with Gasteiger partial charge < -0.3 is 5.32 Å². The number of rotatable bonds is 4. The second kappa shape index (κ2) is 4.98. The van der Waals surface area contributed by atoms with Crippen molar-refractivity contribution in [2.45, 2.75) is 6.92 Å². The molecule has 0 heterocycles. The molecule has 1 N–H and O–H groups in total. The summed E-state index contributed by atoms with van der Waals surface area (Å²) >= 11 is 0. The number of ketones is 1. The fourth-order valence-corrected chi connectivity index (χ4v) is 1.36. The monoisotopic (exact) mass is 213 g/mol. The highest BCUT2D eigenvalue weighted by atomic mass is 19.2. The molecule has 0 saturated carbocycles. The lowest BCUT2D eigenvalue weighted by Gasteiger charge is -2.10. The van der Waals surface area contributed by atoms with Crippen molar-refractivity contribution in [1.29, 1.82) is 0 Å². The molecule has 0 saturated heterocycles. The first-order valence-corrected chi connectivity index (χ1v) is 4.70. The SMILES string of the molecule is CNCC(C)C(=O)c1cccc(F)c1F. The summed E-state index contributed by atoms with van der Waals surface area (Å²) < 4.78 is 26.1. The zero-order valence-electron chi connectivity index (χ0n) is 8.68. The number of nitrogens with one attached hydrogen (secondary N) is 1. The van der Waals surface area contributed by atoms with Gasteiger partial charge in [-0.05, 0) is 19.2 Å². The quantitative estimate of drug-likeness (QED) is 0.775. The predicted molar refractivity (Wildman–Crippen MR) is 53.8 cm³/mol. The van der Waals surface area contributed by atoms with E-state index in [1.54, 1.807) is 14.0 Å². The summed E-state index contributed by atoms with van der Waals surface area (Å²) in [7, 11) is 1.70. The molecule has 0 bridgehead atoms. The number of carbonyl (C=O) groups excluding carboxylic acids is 1. The Balaban J connectivity index is 2.96. The minimum atomic E-state index is -1.06. The molecule has 82 valence electrons. The van der Waals surface area contributed by atoms with Crippen molar-refractivity contribution in [3.63, 3.8) is 0 Å². The van der Waals surface area contributed by atoms with Gasteiger partial charge in [0.15, 0.2) is 17.4 Å². The van der Waals surface area contributed by atoms with E-state index in [-0.39, 0.29) is 17.3 Å². The van der Waals surface area contributed by atoms with Crippen LogP contribution in [-0.4, -0.2) is 19.4 Å². The van der Waals surface area contributed by atoms with Gasteiger partial charge in [-0.3, -0.25) is 4.79 Å². The fraction of sp³-hybridized carbons (Fsp3) is 0.364. The topological polar surface area (TPSA) is 29.1 Å². The molecule has 1 atom stereocenters. The highest BCUT2D eigenvalue weighted by Crippen LogP contribution is 2.15. The zero-order chi connectivity index (χ0) is 11.4. The van der Waals surface area contributed by atoms with E-state index in [0.29, 0.717) is 6.54 Å². The van der Waals surface area contributed by atoms with Crippen molar-refractivity contribution in [2.24, 2.45) is 5.92 Å². The van der Waals surface area contributed by atoms with E-state index in [1.165, 1.54) is 12.1 Å². The van der Waals surface area contributed by atoms with Gasteiger partial charge in [0.25, 0.3) is 0 Å². The van der Waals surface area contributed by atoms with Crippen molar-refractivity contribution in [3.05, 3.63) is 35.4 Å². The Bertz CT molecular complexity index is 366. The molecule has 0 aliphatic carbocycles. The highest BCUT2D eigenvalue weighted by molar-refractivity contribution is 5.98. The van der Waals surface area contributed by atoms with Crippen molar-refractivity contribution in [2.75, 3.05) is 13.6 Å². The maximum absolute atomic E-state index is 13.2. The third kappa shape index (κ3) is 2.59. The van der Waals surface area contributed by atoms with Crippen LogP contribution >= 0.6 is 0 Å². The molecule has 0 aliphatic rings. The summed E-state index contributed by atoms with van der Waals surface area (Å²) in [5.74, 6) is -2.81. The first-order valence-electron chi connectivity index (χ1n) is 4.70. The lowest BCUT2D eigenvalue weighted by Crippen LogP contribution is -2.24. The van der Waals surface area contributed by atoms with Crippen LogP contribution in [-0.2, 0) is 0 Å². The average Bonchev–Trinajstić information content (AvgIpc) is 2.21. The minimum absolute atomic E-state index is 0.183. The second-order valence-electron chi connectivity index (χ2n) is 3.42. The molecule has 0 spiro atoms. The molecular weight excluding hydrogens is 200 g/mol. The smallest absolute Gasteiger partial charge is 0.169 e.